The summed E-state index contributed by atoms with van der Waals surface area (Å²) in [5, 5.41) is 15.4. The number of carbonyl (C=O) groups excluding carboxylic acids is 1. The summed E-state index contributed by atoms with van der Waals surface area (Å²) in [7, 11) is 1.38. The van der Waals surface area contributed by atoms with Crippen molar-refractivity contribution in [1.82, 2.24) is 15.5 Å². The first-order chi connectivity index (χ1) is 12.6. The highest BCUT2D eigenvalue weighted by atomic mass is 19.1. The van der Waals surface area contributed by atoms with Crippen molar-refractivity contribution in [3.8, 4) is 6.07 Å². The maximum absolute atomic E-state index is 13.9. The Labute approximate surface area is 152 Å². The molecule has 8 heteroatoms. The minimum atomic E-state index is -0.380. The first kappa shape index (κ1) is 19.5. The Morgan fingerprint density at radius 2 is 2.19 bits per heavy atom. The molecule has 140 valence electrons. The van der Waals surface area contributed by atoms with Gasteiger partial charge in [0.15, 0.2) is 5.96 Å². The van der Waals surface area contributed by atoms with Crippen LogP contribution >= 0.6 is 0 Å². The van der Waals surface area contributed by atoms with Crippen LogP contribution < -0.4 is 10.6 Å². The van der Waals surface area contributed by atoms with Crippen molar-refractivity contribution in [2.24, 2.45) is 4.99 Å². The topological polar surface area (TPSA) is 89.8 Å². The van der Waals surface area contributed by atoms with Gasteiger partial charge in [0.05, 0.1) is 25.3 Å². The molecule has 0 spiro atoms. The Hall–Kier alpha value is -2.82. The molecule has 2 N–H and O–H groups in total. The van der Waals surface area contributed by atoms with Gasteiger partial charge >= 0.3 is 6.09 Å². The minimum Gasteiger partial charge on any atom is -0.453 e. The van der Waals surface area contributed by atoms with Crippen molar-refractivity contribution < 1.29 is 13.9 Å². The number of methoxy groups -OCH3 is 1. The van der Waals surface area contributed by atoms with Gasteiger partial charge in [0.25, 0.3) is 0 Å². The van der Waals surface area contributed by atoms with Crippen LogP contribution in [-0.4, -0.2) is 49.7 Å². The smallest absolute Gasteiger partial charge is 0.409 e. The third-order valence-electron chi connectivity index (χ3n) is 4.20. The molecule has 0 aromatic heterocycles. The van der Waals surface area contributed by atoms with Crippen LogP contribution in [0.15, 0.2) is 23.2 Å². The Morgan fingerprint density at radius 3 is 2.81 bits per heavy atom. The molecule has 26 heavy (non-hydrogen) atoms. The maximum Gasteiger partial charge on any atom is 0.409 e. The van der Waals surface area contributed by atoms with E-state index in [2.05, 4.69) is 15.6 Å². The van der Waals surface area contributed by atoms with E-state index in [9.17, 15) is 9.18 Å². The van der Waals surface area contributed by atoms with E-state index < -0.39 is 0 Å². The molecule has 1 saturated heterocycles. The van der Waals surface area contributed by atoms with Crippen LogP contribution in [0.3, 0.4) is 0 Å². The molecule has 2 rings (SSSR count). The number of hydrogen-bond acceptors (Lipinski definition) is 4. The van der Waals surface area contributed by atoms with Gasteiger partial charge in [-0.15, -0.1) is 0 Å². The van der Waals surface area contributed by atoms with Crippen molar-refractivity contribution in [1.29, 1.82) is 5.26 Å². The molecule has 1 aromatic rings. The average Bonchev–Trinajstić information content (AvgIpc) is 2.67. The number of aliphatic imine (C=N–C) groups is 1. The van der Waals surface area contributed by atoms with Crippen molar-refractivity contribution in [2.45, 2.75) is 32.4 Å². The summed E-state index contributed by atoms with van der Waals surface area (Å²) in [6, 6.07) is 6.41. The highest BCUT2D eigenvalue weighted by Gasteiger charge is 2.23. The monoisotopic (exact) mass is 361 g/mol. The van der Waals surface area contributed by atoms with Crippen molar-refractivity contribution in [3.63, 3.8) is 0 Å². The summed E-state index contributed by atoms with van der Waals surface area (Å²) in [4.78, 5) is 17.6. The number of piperidine rings is 1. The van der Waals surface area contributed by atoms with Gasteiger partial charge in [-0.25, -0.2) is 14.2 Å². The number of guanidine groups is 1. The number of likely N-dealkylation sites (tertiary alicyclic amines) is 1. The van der Waals surface area contributed by atoms with Crippen molar-refractivity contribution in [3.05, 3.63) is 35.1 Å². The van der Waals surface area contributed by atoms with Gasteiger partial charge in [0.1, 0.15) is 5.82 Å². The highest BCUT2D eigenvalue weighted by Crippen LogP contribution is 2.13. The number of nitriles is 1. The van der Waals surface area contributed by atoms with Gasteiger partial charge in [0.2, 0.25) is 0 Å². The van der Waals surface area contributed by atoms with Gasteiger partial charge in [-0.2, -0.15) is 5.26 Å². The molecule has 0 bridgehead atoms. The summed E-state index contributed by atoms with van der Waals surface area (Å²) >= 11 is 0. The number of benzene rings is 1. The number of hydrogen-bond donors (Lipinski definition) is 2. The number of rotatable bonds is 4. The average molecular weight is 361 g/mol. The largest absolute Gasteiger partial charge is 0.453 e. The van der Waals surface area contributed by atoms with Crippen LogP contribution in [0.2, 0.25) is 0 Å². The fourth-order valence-corrected chi connectivity index (χ4v) is 2.78. The van der Waals surface area contributed by atoms with E-state index in [0.29, 0.717) is 36.7 Å². The van der Waals surface area contributed by atoms with E-state index in [1.54, 1.807) is 4.90 Å². The minimum absolute atomic E-state index is 0.137. The molecule has 1 heterocycles. The molecule has 1 amide bonds. The van der Waals surface area contributed by atoms with E-state index >= 15 is 0 Å². The predicted octanol–water partition coefficient (Wildman–Crippen LogP) is 1.98. The molecule has 7 nitrogen and oxygen atoms in total. The lowest BCUT2D eigenvalue weighted by atomic mass is 10.1. The standard InChI is InChI=1S/C18H24FN5O2/c1-3-21-17(22-12-14-10-13(11-20)4-5-16(14)19)23-15-6-8-24(9-7-15)18(25)26-2/h4-5,10,15H,3,6-9,12H2,1-2H3,(H2,21,22,23). The maximum atomic E-state index is 13.9. The van der Waals surface area contributed by atoms with E-state index in [-0.39, 0.29) is 24.5 Å². The second-order valence-corrected chi connectivity index (χ2v) is 5.99. The van der Waals surface area contributed by atoms with Gasteiger partial charge in [-0.3, -0.25) is 0 Å². The Bertz CT molecular complexity index is 693. The van der Waals surface area contributed by atoms with Crippen LogP contribution in [0.1, 0.15) is 30.9 Å². The summed E-state index contributed by atoms with van der Waals surface area (Å²) in [5.41, 5.74) is 0.784. The molecule has 1 aliphatic heterocycles. The highest BCUT2D eigenvalue weighted by molar-refractivity contribution is 5.80. The molecule has 0 atom stereocenters. The van der Waals surface area contributed by atoms with Gasteiger partial charge < -0.3 is 20.3 Å². The number of nitrogens with one attached hydrogen (secondary N) is 2. The number of halogens is 1. The van der Waals surface area contributed by atoms with Crippen LogP contribution in [-0.2, 0) is 11.3 Å². The molecule has 1 aromatic carbocycles. The van der Waals surface area contributed by atoms with Crippen molar-refractivity contribution in [2.75, 3.05) is 26.7 Å². The first-order valence-corrected chi connectivity index (χ1v) is 8.63. The summed E-state index contributed by atoms with van der Waals surface area (Å²) in [6.07, 6.45) is 1.24. The van der Waals surface area contributed by atoms with Crippen LogP contribution in [0.5, 0.6) is 0 Å². The van der Waals surface area contributed by atoms with E-state index in [1.165, 1.54) is 25.3 Å². The number of amides is 1. The zero-order chi connectivity index (χ0) is 18.9. The first-order valence-electron chi connectivity index (χ1n) is 8.63. The van der Waals surface area contributed by atoms with Crippen molar-refractivity contribution >= 4 is 12.1 Å². The van der Waals surface area contributed by atoms with Crippen LogP contribution in [0.25, 0.3) is 0 Å². The second-order valence-electron chi connectivity index (χ2n) is 5.99. The molecular formula is C18H24FN5O2. The second kappa shape index (κ2) is 9.61. The third kappa shape index (κ3) is 5.34. The molecular weight excluding hydrogens is 337 g/mol. The molecule has 0 saturated carbocycles. The SMILES string of the molecule is CCNC(=NCc1cc(C#N)ccc1F)NC1CCN(C(=O)OC)CC1. The lowest BCUT2D eigenvalue weighted by Gasteiger charge is -2.32. The zero-order valence-electron chi connectivity index (χ0n) is 15.1. The fraction of sp³-hybridized carbons (Fsp3) is 0.500. The summed E-state index contributed by atoms with van der Waals surface area (Å²) in [5.74, 6) is 0.209. The van der Waals surface area contributed by atoms with Gasteiger partial charge in [-0.05, 0) is 38.0 Å². The van der Waals surface area contributed by atoms with E-state index in [1.807, 2.05) is 13.0 Å². The van der Waals surface area contributed by atoms with Crippen LogP contribution in [0.4, 0.5) is 9.18 Å². The lowest BCUT2D eigenvalue weighted by Crippen LogP contribution is -2.49. The molecule has 0 unspecified atom stereocenters. The molecule has 0 radical (unpaired) electrons. The molecule has 1 aliphatic rings. The lowest BCUT2D eigenvalue weighted by molar-refractivity contribution is 0.111. The number of nitrogens with zero attached hydrogens (tertiary/aromatic N) is 3. The molecule has 0 aliphatic carbocycles. The molecule has 1 fully saturated rings. The zero-order valence-corrected chi connectivity index (χ0v) is 15.1. The summed E-state index contributed by atoms with van der Waals surface area (Å²) < 4.78 is 18.6. The van der Waals surface area contributed by atoms with Gasteiger partial charge in [-0.1, -0.05) is 0 Å². The number of carbonyl (C=O) groups is 1. The van der Waals surface area contributed by atoms with E-state index in [0.717, 1.165) is 12.8 Å². The summed E-state index contributed by atoms with van der Waals surface area (Å²) in [6.45, 7) is 3.99. The Kier molecular flexibility index (Phi) is 7.21. The fourth-order valence-electron chi connectivity index (χ4n) is 2.78. The predicted molar refractivity (Wildman–Crippen MR) is 96.1 cm³/mol. The quantitative estimate of drug-likeness (QED) is 0.632. The van der Waals surface area contributed by atoms with E-state index in [4.69, 9.17) is 10.00 Å². The third-order valence-corrected chi connectivity index (χ3v) is 4.20. The Balaban J connectivity index is 1.97. The normalized spacial score (nSPS) is 15.3. The van der Waals surface area contributed by atoms with Gasteiger partial charge in [0, 0.05) is 31.2 Å². The number of ether oxygens (including phenoxy) is 1. The van der Waals surface area contributed by atoms with Crippen LogP contribution in [0, 0.1) is 17.1 Å². The Morgan fingerprint density at radius 1 is 1.46 bits per heavy atom.